The number of hydrogen-bond acceptors (Lipinski definition) is 3. The molecule has 1 amide bonds. The summed E-state index contributed by atoms with van der Waals surface area (Å²) in [6, 6.07) is 2.05. The van der Waals surface area contributed by atoms with Crippen molar-refractivity contribution in [2.75, 3.05) is 0 Å². The molecule has 4 heteroatoms. The first kappa shape index (κ1) is 14.8. The molecule has 0 radical (unpaired) electrons. The van der Waals surface area contributed by atoms with Crippen LogP contribution in [0.4, 0.5) is 0 Å². The van der Waals surface area contributed by atoms with Gasteiger partial charge in [-0.25, -0.2) is 0 Å². The van der Waals surface area contributed by atoms with E-state index in [1.54, 1.807) is 0 Å². The molecular formula is C16H22N2O2. The van der Waals surface area contributed by atoms with Gasteiger partial charge in [0.2, 0.25) is 5.91 Å². The minimum absolute atomic E-state index is 0.145. The second-order valence-electron chi connectivity index (χ2n) is 5.79. The van der Waals surface area contributed by atoms with Crippen LogP contribution in [0.5, 0.6) is 0 Å². The van der Waals surface area contributed by atoms with Gasteiger partial charge < -0.3 is 5.32 Å². The smallest absolute Gasteiger partial charge is 0.245 e. The van der Waals surface area contributed by atoms with Crippen molar-refractivity contribution in [1.29, 1.82) is 5.26 Å². The zero-order valence-corrected chi connectivity index (χ0v) is 11.8. The van der Waals surface area contributed by atoms with Crippen LogP contribution in [0, 0.1) is 23.2 Å². The number of nitrogens with zero attached hydrogens (tertiary/aromatic N) is 1. The number of hydrogen-bond donors (Lipinski definition) is 1. The summed E-state index contributed by atoms with van der Waals surface area (Å²) in [4.78, 5) is 24.4. The first-order valence-corrected chi connectivity index (χ1v) is 7.61. The van der Waals surface area contributed by atoms with Crippen LogP contribution in [-0.4, -0.2) is 17.7 Å². The van der Waals surface area contributed by atoms with Crippen molar-refractivity contribution in [3.63, 3.8) is 0 Å². The third-order valence-electron chi connectivity index (χ3n) is 4.30. The molecule has 2 atom stereocenters. The highest BCUT2D eigenvalue weighted by atomic mass is 16.2. The van der Waals surface area contributed by atoms with E-state index in [4.69, 9.17) is 0 Å². The lowest BCUT2D eigenvalue weighted by atomic mass is 9.84. The van der Waals surface area contributed by atoms with Crippen LogP contribution in [-0.2, 0) is 9.59 Å². The van der Waals surface area contributed by atoms with Gasteiger partial charge in [0.25, 0.3) is 0 Å². The standard InChI is InChI=1S/C16H22N2O2/c17-11-14(15(19)12-7-3-1-4-8-12)16(20)18-13-9-5-2-6-10-13/h1,3,12-14H,2,4-10H2,(H,18,20)/t12-,14+/m0/s1. The van der Waals surface area contributed by atoms with Gasteiger partial charge in [0.15, 0.2) is 11.7 Å². The van der Waals surface area contributed by atoms with E-state index >= 15 is 0 Å². The summed E-state index contributed by atoms with van der Waals surface area (Å²) in [5, 5.41) is 12.1. The average Bonchev–Trinajstić information content (AvgIpc) is 2.49. The minimum atomic E-state index is -1.13. The fourth-order valence-corrected chi connectivity index (χ4v) is 3.07. The molecule has 20 heavy (non-hydrogen) atoms. The van der Waals surface area contributed by atoms with Crippen LogP contribution in [0.25, 0.3) is 0 Å². The molecule has 2 aliphatic rings. The van der Waals surface area contributed by atoms with Crippen LogP contribution in [0.15, 0.2) is 12.2 Å². The number of rotatable bonds is 4. The number of ketones is 1. The molecule has 1 N–H and O–H groups in total. The number of allylic oxidation sites excluding steroid dienone is 2. The molecule has 2 aliphatic carbocycles. The van der Waals surface area contributed by atoms with E-state index in [9.17, 15) is 14.9 Å². The predicted octanol–water partition coefficient (Wildman–Crippen LogP) is 2.50. The van der Waals surface area contributed by atoms with Crippen molar-refractivity contribution >= 4 is 11.7 Å². The molecule has 0 aromatic heterocycles. The minimum Gasteiger partial charge on any atom is -0.352 e. The second kappa shape index (κ2) is 7.23. The molecule has 4 nitrogen and oxygen atoms in total. The van der Waals surface area contributed by atoms with Gasteiger partial charge in [0.05, 0.1) is 6.07 Å². The van der Waals surface area contributed by atoms with E-state index in [0.29, 0.717) is 6.42 Å². The van der Waals surface area contributed by atoms with Gasteiger partial charge in [-0.2, -0.15) is 5.26 Å². The summed E-state index contributed by atoms with van der Waals surface area (Å²) in [7, 11) is 0. The number of carbonyl (C=O) groups excluding carboxylic acids is 2. The maximum Gasteiger partial charge on any atom is 0.245 e. The molecule has 0 unspecified atom stereocenters. The molecule has 0 aliphatic heterocycles. The summed E-state index contributed by atoms with van der Waals surface area (Å²) in [5.41, 5.74) is 0. The van der Waals surface area contributed by atoms with Crippen molar-refractivity contribution in [2.45, 2.75) is 57.4 Å². The quantitative estimate of drug-likeness (QED) is 0.632. The SMILES string of the molecule is N#C[C@@H](C(=O)NC1CCCCC1)C(=O)[C@H]1CC=CCC1. The fourth-order valence-electron chi connectivity index (χ4n) is 3.07. The van der Waals surface area contributed by atoms with Crippen LogP contribution in [0.2, 0.25) is 0 Å². The molecule has 0 heterocycles. The zero-order valence-electron chi connectivity index (χ0n) is 11.8. The lowest BCUT2D eigenvalue weighted by Gasteiger charge is -2.25. The van der Waals surface area contributed by atoms with E-state index in [0.717, 1.165) is 38.5 Å². The molecule has 1 fully saturated rings. The van der Waals surface area contributed by atoms with Crippen LogP contribution >= 0.6 is 0 Å². The Labute approximate surface area is 120 Å². The molecule has 0 aromatic rings. The van der Waals surface area contributed by atoms with Crippen molar-refractivity contribution in [1.82, 2.24) is 5.32 Å². The van der Waals surface area contributed by atoms with E-state index in [1.165, 1.54) is 6.42 Å². The first-order chi connectivity index (χ1) is 9.72. The summed E-state index contributed by atoms with van der Waals surface area (Å²) in [6.45, 7) is 0. The summed E-state index contributed by atoms with van der Waals surface area (Å²) >= 11 is 0. The Bertz CT molecular complexity index is 430. The van der Waals surface area contributed by atoms with Crippen molar-refractivity contribution < 1.29 is 9.59 Å². The predicted molar refractivity (Wildman–Crippen MR) is 75.6 cm³/mol. The Morgan fingerprint density at radius 3 is 2.50 bits per heavy atom. The van der Waals surface area contributed by atoms with Crippen molar-refractivity contribution in [3.05, 3.63) is 12.2 Å². The molecule has 0 spiro atoms. The number of carbonyl (C=O) groups is 2. The molecule has 108 valence electrons. The number of Topliss-reactive ketones (excluding diaryl/α,β-unsaturated/α-hetero) is 1. The number of amides is 1. The largest absolute Gasteiger partial charge is 0.352 e. The lowest BCUT2D eigenvalue weighted by Crippen LogP contribution is -2.43. The highest BCUT2D eigenvalue weighted by Crippen LogP contribution is 2.23. The maximum absolute atomic E-state index is 12.3. The van der Waals surface area contributed by atoms with Crippen LogP contribution in [0.1, 0.15) is 51.4 Å². The molecule has 1 saturated carbocycles. The Morgan fingerprint density at radius 2 is 1.90 bits per heavy atom. The zero-order chi connectivity index (χ0) is 14.4. The topological polar surface area (TPSA) is 70.0 Å². The monoisotopic (exact) mass is 274 g/mol. The normalized spacial score (nSPS) is 24.6. The summed E-state index contributed by atoms with van der Waals surface area (Å²) in [5.74, 6) is -1.89. The molecule has 0 aromatic carbocycles. The van der Waals surface area contributed by atoms with Gasteiger partial charge >= 0.3 is 0 Å². The van der Waals surface area contributed by atoms with Crippen LogP contribution in [0.3, 0.4) is 0 Å². The van der Waals surface area contributed by atoms with E-state index in [2.05, 4.69) is 5.32 Å². The third kappa shape index (κ3) is 3.69. The fraction of sp³-hybridized carbons (Fsp3) is 0.688. The average molecular weight is 274 g/mol. The van der Waals surface area contributed by atoms with Gasteiger partial charge in [-0.05, 0) is 32.1 Å². The van der Waals surface area contributed by atoms with Crippen LogP contribution < -0.4 is 5.32 Å². The summed E-state index contributed by atoms with van der Waals surface area (Å²) in [6.07, 6.45) is 11.7. The Morgan fingerprint density at radius 1 is 1.15 bits per heavy atom. The molecule has 0 bridgehead atoms. The number of nitriles is 1. The van der Waals surface area contributed by atoms with Gasteiger partial charge in [-0.1, -0.05) is 31.4 Å². The molecule has 2 rings (SSSR count). The number of nitrogens with one attached hydrogen (secondary N) is 1. The Kier molecular flexibility index (Phi) is 5.34. The molecular weight excluding hydrogens is 252 g/mol. The van der Waals surface area contributed by atoms with Gasteiger partial charge in [-0.3, -0.25) is 9.59 Å². The first-order valence-electron chi connectivity index (χ1n) is 7.61. The highest BCUT2D eigenvalue weighted by Gasteiger charge is 2.33. The van der Waals surface area contributed by atoms with E-state index in [-0.39, 0.29) is 23.7 Å². The van der Waals surface area contributed by atoms with Crippen molar-refractivity contribution in [2.24, 2.45) is 11.8 Å². The van der Waals surface area contributed by atoms with Gasteiger partial charge in [-0.15, -0.1) is 0 Å². The highest BCUT2D eigenvalue weighted by molar-refractivity contribution is 6.05. The lowest BCUT2D eigenvalue weighted by molar-refractivity contribution is -0.134. The third-order valence-corrected chi connectivity index (χ3v) is 4.30. The maximum atomic E-state index is 12.3. The Balaban J connectivity index is 1.92. The van der Waals surface area contributed by atoms with Crippen molar-refractivity contribution in [3.8, 4) is 6.07 Å². The van der Waals surface area contributed by atoms with Gasteiger partial charge in [0.1, 0.15) is 0 Å². The Hall–Kier alpha value is -1.63. The van der Waals surface area contributed by atoms with E-state index in [1.807, 2.05) is 18.2 Å². The van der Waals surface area contributed by atoms with E-state index < -0.39 is 5.92 Å². The molecule has 0 saturated heterocycles. The summed E-state index contributed by atoms with van der Waals surface area (Å²) < 4.78 is 0. The second-order valence-corrected chi connectivity index (χ2v) is 5.79. The van der Waals surface area contributed by atoms with Gasteiger partial charge in [0, 0.05) is 12.0 Å².